The van der Waals surface area contributed by atoms with E-state index < -0.39 is 11.9 Å². The SMILES string of the molecule is CC(NC(=O)CNCc1ccco1)C1CC2CCC1C2.O=C(O)C(=O)O. The molecule has 2 fully saturated rings. The average molecular weight is 366 g/mol. The molecule has 1 aromatic heterocycles. The van der Waals surface area contributed by atoms with Gasteiger partial charge in [-0.3, -0.25) is 4.79 Å². The largest absolute Gasteiger partial charge is 0.473 e. The summed E-state index contributed by atoms with van der Waals surface area (Å²) in [7, 11) is 0. The Hall–Kier alpha value is -2.35. The number of furan rings is 1. The topological polar surface area (TPSA) is 129 Å². The molecule has 2 saturated carbocycles. The quantitative estimate of drug-likeness (QED) is 0.561. The average Bonchev–Trinajstić information content (AvgIpc) is 3.33. The molecule has 3 rings (SSSR count). The van der Waals surface area contributed by atoms with Crippen LogP contribution in [-0.4, -0.2) is 40.6 Å². The van der Waals surface area contributed by atoms with Crippen molar-refractivity contribution in [3.8, 4) is 0 Å². The van der Waals surface area contributed by atoms with Gasteiger partial charge in [-0.05, 0) is 56.1 Å². The Kier molecular flexibility index (Phi) is 7.20. The van der Waals surface area contributed by atoms with Crippen molar-refractivity contribution in [2.75, 3.05) is 6.54 Å². The predicted octanol–water partition coefficient (Wildman–Crippen LogP) is 1.47. The lowest BCUT2D eigenvalue weighted by Gasteiger charge is -2.28. The zero-order valence-corrected chi connectivity index (χ0v) is 14.8. The number of rotatable bonds is 6. The van der Waals surface area contributed by atoms with Gasteiger partial charge < -0.3 is 25.3 Å². The third-order valence-corrected chi connectivity index (χ3v) is 5.17. The van der Waals surface area contributed by atoms with Gasteiger partial charge in [-0.1, -0.05) is 6.42 Å². The Morgan fingerprint density at radius 1 is 1.23 bits per heavy atom. The van der Waals surface area contributed by atoms with Gasteiger partial charge in [0.2, 0.25) is 5.91 Å². The molecule has 0 spiro atoms. The number of hydrogen-bond acceptors (Lipinski definition) is 5. The van der Waals surface area contributed by atoms with E-state index in [2.05, 4.69) is 17.6 Å². The number of aliphatic carboxylic acids is 2. The molecule has 26 heavy (non-hydrogen) atoms. The van der Waals surface area contributed by atoms with Crippen LogP contribution in [0.1, 0.15) is 38.4 Å². The van der Waals surface area contributed by atoms with Crippen molar-refractivity contribution in [3.63, 3.8) is 0 Å². The molecule has 1 heterocycles. The summed E-state index contributed by atoms with van der Waals surface area (Å²) >= 11 is 0. The van der Waals surface area contributed by atoms with Gasteiger partial charge in [-0.2, -0.15) is 0 Å². The molecule has 8 nitrogen and oxygen atoms in total. The first-order chi connectivity index (χ1) is 12.4. The monoisotopic (exact) mass is 366 g/mol. The highest BCUT2D eigenvalue weighted by Gasteiger charge is 2.42. The molecular formula is C18H26N2O6. The van der Waals surface area contributed by atoms with Crippen molar-refractivity contribution in [1.82, 2.24) is 10.6 Å². The van der Waals surface area contributed by atoms with Crippen LogP contribution in [0.3, 0.4) is 0 Å². The highest BCUT2D eigenvalue weighted by atomic mass is 16.4. The Morgan fingerprint density at radius 2 is 1.96 bits per heavy atom. The maximum Gasteiger partial charge on any atom is 0.414 e. The molecule has 0 aliphatic heterocycles. The summed E-state index contributed by atoms with van der Waals surface area (Å²) in [6.45, 7) is 3.12. The van der Waals surface area contributed by atoms with Crippen LogP contribution in [0.25, 0.3) is 0 Å². The van der Waals surface area contributed by atoms with E-state index >= 15 is 0 Å². The molecule has 0 radical (unpaired) electrons. The normalized spacial score (nSPS) is 24.4. The van der Waals surface area contributed by atoms with Crippen molar-refractivity contribution < 1.29 is 29.0 Å². The van der Waals surface area contributed by atoms with Crippen molar-refractivity contribution >= 4 is 17.8 Å². The van der Waals surface area contributed by atoms with E-state index in [1.54, 1.807) is 6.26 Å². The first kappa shape index (κ1) is 20.0. The third-order valence-electron chi connectivity index (χ3n) is 5.17. The van der Waals surface area contributed by atoms with E-state index in [9.17, 15) is 4.79 Å². The van der Waals surface area contributed by atoms with Crippen LogP contribution in [-0.2, 0) is 20.9 Å². The van der Waals surface area contributed by atoms with Crippen molar-refractivity contribution in [3.05, 3.63) is 24.2 Å². The first-order valence-electron chi connectivity index (χ1n) is 8.85. The van der Waals surface area contributed by atoms with Crippen LogP contribution in [0.2, 0.25) is 0 Å². The van der Waals surface area contributed by atoms with Crippen molar-refractivity contribution in [1.29, 1.82) is 0 Å². The van der Waals surface area contributed by atoms with Gasteiger partial charge in [-0.25, -0.2) is 9.59 Å². The van der Waals surface area contributed by atoms with E-state index in [0.717, 1.165) is 17.6 Å². The van der Waals surface area contributed by atoms with Gasteiger partial charge >= 0.3 is 11.9 Å². The van der Waals surface area contributed by atoms with E-state index in [1.165, 1.54) is 25.7 Å². The van der Waals surface area contributed by atoms with Gasteiger partial charge in [0, 0.05) is 6.04 Å². The fraction of sp³-hybridized carbons (Fsp3) is 0.611. The zero-order chi connectivity index (χ0) is 19.1. The molecule has 2 aliphatic rings. The van der Waals surface area contributed by atoms with Gasteiger partial charge in [-0.15, -0.1) is 0 Å². The molecule has 4 unspecified atom stereocenters. The number of carbonyl (C=O) groups excluding carboxylic acids is 1. The van der Waals surface area contributed by atoms with Gasteiger partial charge in [0.25, 0.3) is 0 Å². The van der Waals surface area contributed by atoms with Gasteiger partial charge in [0.15, 0.2) is 0 Å². The van der Waals surface area contributed by atoms with Crippen molar-refractivity contribution in [2.45, 2.75) is 45.2 Å². The summed E-state index contributed by atoms with van der Waals surface area (Å²) in [5.41, 5.74) is 0. The number of hydrogen-bond donors (Lipinski definition) is 4. The van der Waals surface area contributed by atoms with E-state index in [0.29, 0.717) is 25.0 Å². The van der Waals surface area contributed by atoms with Crippen LogP contribution >= 0.6 is 0 Å². The van der Waals surface area contributed by atoms with Crippen LogP contribution in [0.5, 0.6) is 0 Å². The summed E-state index contributed by atoms with van der Waals surface area (Å²) in [4.78, 5) is 30.1. The molecule has 0 saturated heterocycles. The number of fused-ring (bicyclic) bond motifs is 2. The van der Waals surface area contributed by atoms with Crippen LogP contribution < -0.4 is 10.6 Å². The summed E-state index contributed by atoms with van der Waals surface area (Å²) < 4.78 is 5.22. The minimum atomic E-state index is -1.82. The van der Waals surface area contributed by atoms with E-state index in [1.807, 2.05) is 12.1 Å². The summed E-state index contributed by atoms with van der Waals surface area (Å²) in [6, 6.07) is 4.07. The molecule has 2 aliphatic carbocycles. The maximum atomic E-state index is 11.9. The summed E-state index contributed by atoms with van der Waals surface area (Å²) in [5, 5.41) is 21.0. The van der Waals surface area contributed by atoms with Crippen LogP contribution in [0.15, 0.2) is 22.8 Å². The first-order valence-corrected chi connectivity index (χ1v) is 8.85. The maximum absolute atomic E-state index is 11.9. The zero-order valence-electron chi connectivity index (χ0n) is 14.8. The smallest absolute Gasteiger partial charge is 0.414 e. The second-order valence-corrected chi connectivity index (χ2v) is 6.99. The van der Waals surface area contributed by atoms with Crippen LogP contribution in [0.4, 0.5) is 0 Å². The van der Waals surface area contributed by atoms with Crippen molar-refractivity contribution in [2.24, 2.45) is 17.8 Å². The predicted molar refractivity (Wildman–Crippen MR) is 92.2 cm³/mol. The number of carboxylic acids is 2. The van der Waals surface area contributed by atoms with Gasteiger partial charge in [0.1, 0.15) is 5.76 Å². The molecular weight excluding hydrogens is 340 g/mol. The molecule has 144 valence electrons. The molecule has 8 heteroatoms. The van der Waals surface area contributed by atoms with E-state index in [4.69, 9.17) is 24.2 Å². The lowest BCUT2D eigenvalue weighted by Crippen LogP contribution is -2.43. The highest BCUT2D eigenvalue weighted by Crippen LogP contribution is 2.49. The lowest BCUT2D eigenvalue weighted by atomic mass is 9.84. The molecule has 1 aromatic rings. The molecule has 4 atom stereocenters. The minimum Gasteiger partial charge on any atom is -0.473 e. The fourth-order valence-corrected chi connectivity index (χ4v) is 4.03. The van der Waals surface area contributed by atoms with E-state index in [-0.39, 0.29) is 5.91 Å². The third kappa shape index (κ3) is 5.87. The Bertz CT molecular complexity index is 603. The number of amides is 1. The Morgan fingerprint density at radius 3 is 2.46 bits per heavy atom. The number of carboxylic acid groups (broad SMARTS) is 2. The Balaban J connectivity index is 0.000000352. The molecule has 2 bridgehead atoms. The molecule has 4 N–H and O–H groups in total. The number of nitrogens with one attached hydrogen (secondary N) is 2. The minimum absolute atomic E-state index is 0.0897. The highest BCUT2D eigenvalue weighted by molar-refractivity contribution is 6.27. The second kappa shape index (κ2) is 9.38. The molecule has 1 amide bonds. The molecule has 0 aromatic carbocycles. The summed E-state index contributed by atoms with van der Waals surface area (Å²) in [6.07, 6.45) is 7.13. The fourth-order valence-electron chi connectivity index (χ4n) is 4.03. The lowest BCUT2D eigenvalue weighted by molar-refractivity contribution is -0.159. The van der Waals surface area contributed by atoms with Crippen LogP contribution in [0, 0.1) is 17.8 Å². The Labute approximate surface area is 152 Å². The summed E-state index contributed by atoms with van der Waals surface area (Å²) in [5.74, 6) is -0.216. The number of carbonyl (C=O) groups is 3. The van der Waals surface area contributed by atoms with Gasteiger partial charge in [0.05, 0.1) is 19.4 Å². The standard InChI is InChI=1S/C16H24N2O2.C2H2O4/c1-11(15-8-12-4-5-13(15)7-12)18-16(19)10-17-9-14-3-2-6-20-14;3-1(4)2(5)6/h2-3,6,11-13,15,17H,4-5,7-10H2,1H3,(H,18,19);(H,3,4)(H,5,6). The second-order valence-electron chi connectivity index (χ2n) is 6.99.